The molecule has 2 fully saturated rings. The first kappa shape index (κ1) is 30.3. The number of nitrogens with one attached hydrogen (secondary N) is 4. The molecule has 4 heterocycles. The Morgan fingerprint density at radius 2 is 1.23 bits per heavy atom. The Morgan fingerprint density at radius 1 is 0.688 bits per heavy atom. The average Bonchev–Trinajstić information content (AvgIpc) is 3.75. The topological polar surface area (TPSA) is 175 Å². The lowest BCUT2D eigenvalue weighted by molar-refractivity contribution is -0.125. The third-order valence-electron chi connectivity index (χ3n) is 8.93. The molecule has 0 bridgehead atoms. The summed E-state index contributed by atoms with van der Waals surface area (Å²) in [5.74, 6) is 4.86. The highest BCUT2D eigenvalue weighted by Crippen LogP contribution is 2.33. The van der Waals surface area contributed by atoms with E-state index in [1.165, 1.54) is 24.0 Å². The van der Waals surface area contributed by atoms with Crippen LogP contribution in [0.3, 0.4) is 0 Å². The van der Waals surface area contributed by atoms with E-state index < -0.39 is 35.0 Å². The van der Waals surface area contributed by atoms with E-state index >= 15 is 0 Å². The molecule has 0 radical (unpaired) electrons. The van der Waals surface area contributed by atoms with Crippen molar-refractivity contribution in [3.63, 3.8) is 0 Å². The van der Waals surface area contributed by atoms with E-state index in [0.717, 1.165) is 11.1 Å². The van der Waals surface area contributed by atoms with E-state index in [9.17, 15) is 28.8 Å². The van der Waals surface area contributed by atoms with Crippen molar-refractivity contribution in [2.75, 3.05) is 27.3 Å². The minimum atomic E-state index is -1.73. The number of amides is 8. The molecule has 4 N–H and O–H groups in total. The Kier molecular flexibility index (Phi) is 7.05. The zero-order valence-electron chi connectivity index (χ0n) is 25.8. The number of hydrogen-bond acceptors (Lipinski definition) is 8. The van der Waals surface area contributed by atoms with Crippen LogP contribution in [-0.4, -0.2) is 78.3 Å². The summed E-state index contributed by atoms with van der Waals surface area (Å²) >= 11 is 0. The fourth-order valence-corrected chi connectivity index (χ4v) is 6.41. The number of imide groups is 2. The van der Waals surface area contributed by atoms with E-state index in [4.69, 9.17) is 9.47 Å². The van der Waals surface area contributed by atoms with Crippen molar-refractivity contribution in [1.29, 1.82) is 0 Å². The summed E-state index contributed by atoms with van der Waals surface area (Å²) in [4.78, 5) is 80.4. The molecule has 14 heteroatoms. The van der Waals surface area contributed by atoms with E-state index in [0.29, 0.717) is 33.8 Å². The Hall–Kier alpha value is -6.36. The summed E-state index contributed by atoms with van der Waals surface area (Å²) in [6.07, 6.45) is 0. The van der Waals surface area contributed by atoms with Gasteiger partial charge in [0.2, 0.25) is 5.54 Å². The van der Waals surface area contributed by atoms with Gasteiger partial charge in [-0.3, -0.25) is 29.8 Å². The molecular weight excluding hydrogens is 620 g/mol. The lowest BCUT2D eigenvalue weighted by Gasteiger charge is -2.31. The highest BCUT2D eigenvalue weighted by Gasteiger charge is 2.51. The van der Waals surface area contributed by atoms with Gasteiger partial charge in [-0.05, 0) is 53.1 Å². The Morgan fingerprint density at radius 3 is 1.73 bits per heavy atom. The summed E-state index contributed by atoms with van der Waals surface area (Å²) in [5.41, 5.74) is -0.0851. The number of methoxy groups -OCH3 is 2. The minimum absolute atomic E-state index is 0.140. The fraction of sp³-hybridized carbons (Fsp3) is 0.235. The second kappa shape index (κ2) is 11.2. The van der Waals surface area contributed by atoms with Gasteiger partial charge in [0.25, 0.3) is 23.6 Å². The zero-order valence-corrected chi connectivity index (χ0v) is 25.8. The number of fused-ring (bicyclic) bond motifs is 2. The molecule has 2 saturated heterocycles. The first-order valence-corrected chi connectivity index (χ1v) is 14.9. The lowest BCUT2D eigenvalue weighted by atomic mass is 9.88. The van der Waals surface area contributed by atoms with Crippen molar-refractivity contribution >= 4 is 35.7 Å². The van der Waals surface area contributed by atoms with Crippen molar-refractivity contribution in [1.82, 2.24) is 31.1 Å². The molecule has 242 valence electrons. The molecule has 0 aromatic heterocycles. The van der Waals surface area contributed by atoms with Crippen molar-refractivity contribution in [2.24, 2.45) is 0 Å². The predicted molar refractivity (Wildman–Crippen MR) is 167 cm³/mol. The monoisotopic (exact) mass is 648 g/mol. The number of carbonyl (C=O) groups is 6. The molecule has 0 saturated carbocycles. The number of hydrogen-bond donors (Lipinski definition) is 4. The van der Waals surface area contributed by atoms with Crippen LogP contribution >= 0.6 is 0 Å². The van der Waals surface area contributed by atoms with Gasteiger partial charge in [-0.25, -0.2) is 9.59 Å². The van der Waals surface area contributed by atoms with E-state index in [2.05, 4.69) is 33.1 Å². The zero-order chi connectivity index (χ0) is 33.8. The molecular formula is C34H28N6O8. The molecule has 0 spiro atoms. The minimum Gasteiger partial charge on any atom is -0.497 e. The molecule has 4 aliphatic rings. The van der Waals surface area contributed by atoms with Crippen LogP contribution in [0.2, 0.25) is 0 Å². The Balaban J connectivity index is 1.15. The summed E-state index contributed by atoms with van der Waals surface area (Å²) in [6.45, 7) is 0.103. The maximum atomic E-state index is 13.3. The highest BCUT2D eigenvalue weighted by atomic mass is 16.5. The molecule has 48 heavy (non-hydrogen) atoms. The number of carbonyl (C=O) groups excluding carboxylic acids is 6. The van der Waals surface area contributed by atoms with Crippen LogP contribution in [0.5, 0.6) is 11.5 Å². The van der Waals surface area contributed by atoms with Crippen LogP contribution in [0.25, 0.3) is 0 Å². The highest BCUT2D eigenvalue weighted by molar-refractivity contribution is 6.10. The van der Waals surface area contributed by atoms with Gasteiger partial charge in [0.15, 0.2) is 5.54 Å². The molecule has 0 unspecified atom stereocenters. The van der Waals surface area contributed by atoms with Gasteiger partial charge in [-0.2, -0.15) is 0 Å². The van der Waals surface area contributed by atoms with Gasteiger partial charge < -0.3 is 29.9 Å². The summed E-state index contributed by atoms with van der Waals surface area (Å²) < 4.78 is 10.5. The van der Waals surface area contributed by atoms with Crippen LogP contribution in [0.15, 0.2) is 60.7 Å². The molecule has 14 nitrogen and oxygen atoms in total. The van der Waals surface area contributed by atoms with Crippen molar-refractivity contribution in [3.8, 4) is 23.3 Å². The first-order chi connectivity index (χ1) is 23.0. The molecule has 3 aromatic carbocycles. The largest absolute Gasteiger partial charge is 0.497 e. The standard InChI is InChI=1S/C34H28N6O8/c1-47-23-9-5-20-15-39(27(41)25(20)13-23)17-33(29(43)35-31(45)37-33)12-11-19-3-7-22(8-4-19)34(30(44)36-32(46)38-34)18-40-16-21-6-10-24(48-2)14-26(21)28(40)42/h3-10,13-14H,15-18H2,1-2H3,(H2,35,37,43,45)(H2,36,38,44,46)/t33-,34-/m1/s1. The molecule has 8 amide bonds. The van der Waals surface area contributed by atoms with Crippen LogP contribution in [0.4, 0.5) is 9.59 Å². The molecule has 3 aromatic rings. The number of benzene rings is 3. The summed E-state index contributed by atoms with van der Waals surface area (Å²) in [5, 5.41) is 9.77. The van der Waals surface area contributed by atoms with Gasteiger partial charge in [0, 0.05) is 29.8 Å². The van der Waals surface area contributed by atoms with Crippen molar-refractivity contribution in [3.05, 3.63) is 94.0 Å². The van der Waals surface area contributed by atoms with E-state index in [1.54, 1.807) is 60.7 Å². The van der Waals surface area contributed by atoms with E-state index in [1.807, 2.05) is 0 Å². The van der Waals surface area contributed by atoms with E-state index in [-0.39, 0.29) is 38.0 Å². The Bertz CT molecular complexity index is 2020. The quantitative estimate of drug-likeness (QED) is 0.217. The smallest absolute Gasteiger partial charge is 0.323 e. The van der Waals surface area contributed by atoms with Gasteiger partial charge in [-0.15, -0.1) is 0 Å². The summed E-state index contributed by atoms with van der Waals surface area (Å²) in [7, 11) is 3.00. The molecule has 7 rings (SSSR count). The normalized spacial score (nSPS) is 22.4. The van der Waals surface area contributed by atoms with Crippen molar-refractivity contribution in [2.45, 2.75) is 24.2 Å². The van der Waals surface area contributed by atoms with Gasteiger partial charge >= 0.3 is 12.1 Å². The SMILES string of the molecule is COc1ccc2c(c1)C(=O)N(C[C@@]1(C#Cc3ccc([C@@]4(CN5Cc6ccc(OC)cc6C5=O)NC(=O)NC4=O)cc3)NC(=O)NC1=O)C2. The number of nitrogens with zero attached hydrogens (tertiary/aromatic N) is 2. The van der Waals surface area contributed by atoms with Gasteiger partial charge in [0.05, 0.1) is 27.3 Å². The second-order valence-corrected chi connectivity index (χ2v) is 11.8. The third kappa shape index (κ3) is 4.92. The summed E-state index contributed by atoms with van der Waals surface area (Å²) in [6, 6.07) is 15.3. The Labute approximate surface area is 273 Å². The second-order valence-electron chi connectivity index (χ2n) is 11.8. The number of ether oxygens (including phenoxy) is 2. The fourth-order valence-electron chi connectivity index (χ4n) is 6.41. The third-order valence-corrected chi connectivity index (χ3v) is 8.93. The van der Waals surface area contributed by atoms with Crippen LogP contribution in [0.1, 0.15) is 43.0 Å². The average molecular weight is 649 g/mol. The maximum Gasteiger partial charge on any atom is 0.323 e. The predicted octanol–water partition coefficient (Wildman–Crippen LogP) is 0.980. The molecule has 4 aliphatic heterocycles. The number of rotatable bonds is 7. The van der Waals surface area contributed by atoms with Gasteiger partial charge in [-0.1, -0.05) is 36.1 Å². The van der Waals surface area contributed by atoms with Crippen LogP contribution in [-0.2, 0) is 28.2 Å². The van der Waals surface area contributed by atoms with Crippen LogP contribution in [0, 0.1) is 11.8 Å². The van der Waals surface area contributed by atoms with Gasteiger partial charge in [0.1, 0.15) is 11.5 Å². The molecule has 2 atom stereocenters. The first-order valence-electron chi connectivity index (χ1n) is 14.9. The lowest BCUT2D eigenvalue weighted by Crippen LogP contribution is -2.54. The molecule has 0 aliphatic carbocycles. The van der Waals surface area contributed by atoms with Crippen molar-refractivity contribution < 1.29 is 38.2 Å². The maximum absolute atomic E-state index is 13.3. The number of urea groups is 2. The van der Waals surface area contributed by atoms with Crippen LogP contribution < -0.4 is 30.7 Å².